The lowest BCUT2D eigenvalue weighted by Gasteiger charge is -2.18. The van der Waals surface area contributed by atoms with E-state index >= 15 is 0 Å². The summed E-state index contributed by atoms with van der Waals surface area (Å²) < 4.78 is 5.40. The topological polar surface area (TPSA) is 62.7 Å². The second kappa shape index (κ2) is 7.93. The van der Waals surface area contributed by atoms with Gasteiger partial charge < -0.3 is 9.84 Å². The van der Waals surface area contributed by atoms with Crippen LogP contribution in [0.2, 0.25) is 0 Å². The Kier molecular flexibility index (Phi) is 5.43. The molecule has 2 heterocycles. The SMILES string of the molecule is O=C(O)COc1ccccc1CN1CCC(Cc2cccnc2)C1. The predicted octanol–water partition coefficient (Wildman–Crippen LogP) is 2.61. The van der Waals surface area contributed by atoms with Gasteiger partial charge in [-0.25, -0.2) is 4.79 Å². The smallest absolute Gasteiger partial charge is 0.341 e. The monoisotopic (exact) mass is 326 g/mol. The molecule has 5 nitrogen and oxygen atoms in total. The van der Waals surface area contributed by atoms with Gasteiger partial charge in [0, 0.05) is 31.0 Å². The normalized spacial score (nSPS) is 17.8. The van der Waals surface area contributed by atoms with Crippen LogP contribution in [0, 0.1) is 5.92 Å². The number of ether oxygens (including phenoxy) is 1. The molecule has 1 aromatic heterocycles. The standard InChI is InChI=1S/C19H22N2O3/c22-19(23)14-24-18-6-2-1-5-17(18)13-21-9-7-16(12-21)10-15-4-3-8-20-11-15/h1-6,8,11,16H,7,9-10,12-14H2,(H,22,23). The molecule has 0 amide bonds. The van der Waals surface area contributed by atoms with Crippen LogP contribution in [0.25, 0.3) is 0 Å². The summed E-state index contributed by atoms with van der Waals surface area (Å²) in [6, 6.07) is 11.8. The van der Waals surface area contributed by atoms with Gasteiger partial charge in [0.1, 0.15) is 5.75 Å². The summed E-state index contributed by atoms with van der Waals surface area (Å²) in [6.07, 6.45) is 5.98. The van der Waals surface area contributed by atoms with Crippen molar-refractivity contribution in [2.45, 2.75) is 19.4 Å². The lowest BCUT2D eigenvalue weighted by Crippen LogP contribution is -2.21. The summed E-state index contributed by atoms with van der Waals surface area (Å²) in [6.45, 7) is 2.58. The van der Waals surface area contributed by atoms with Gasteiger partial charge in [0.25, 0.3) is 0 Å². The van der Waals surface area contributed by atoms with Crippen molar-refractivity contribution in [3.05, 3.63) is 59.9 Å². The molecule has 0 aliphatic carbocycles. The van der Waals surface area contributed by atoms with Crippen LogP contribution >= 0.6 is 0 Å². The number of benzene rings is 1. The summed E-state index contributed by atoms with van der Waals surface area (Å²) >= 11 is 0. The molecule has 0 radical (unpaired) electrons. The number of carbonyl (C=O) groups is 1. The van der Waals surface area contributed by atoms with Crippen molar-refractivity contribution in [3.8, 4) is 5.75 Å². The zero-order valence-electron chi connectivity index (χ0n) is 13.6. The van der Waals surface area contributed by atoms with E-state index in [1.807, 2.05) is 36.5 Å². The van der Waals surface area contributed by atoms with Crippen molar-refractivity contribution in [2.24, 2.45) is 5.92 Å². The highest BCUT2D eigenvalue weighted by Gasteiger charge is 2.23. The Labute approximate surface area is 141 Å². The van der Waals surface area contributed by atoms with E-state index in [1.54, 1.807) is 6.20 Å². The Bertz CT molecular complexity index is 675. The van der Waals surface area contributed by atoms with Crippen LogP contribution in [-0.4, -0.2) is 40.7 Å². The van der Waals surface area contributed by atoms with Crippen LogP contribution < -0.4 is 4.74 Å². The highest BCUT2D eigenvalue weighted by atomic mass is 16.5. The highest BCUT2D eigenvalue weighted by Crippen LogP contribution is 2.25. The molecule has 0 bridgehead atoms. The number of carboxylic acid groups (broad SMARTS) is 1. The van der Waals surface area contributed by atoms with E-state index in [2.05, 4.69) is 16.0 Å². The average Bonchev–Trinajstić information content (AvgIpc) is 3.02. The molecule has 2 aromatic rings. The van der Waals surface area contributed by atoms with Crippen molar-refractivity contribution in [2.75, 3.05) is 19.7 Å². The molecule has 1 atom stereocenters. The fourth-order valence-corrected chi connectivity index (χ4v) is 3.23. The molecular formula is C19H22N2O3. The van der Waals surface area contributed by atoms with Crippen molar-refractivity contribution in [1.29, 1.82) is 0 Å². The quantitative estimate of drug-likeness (QED) is 0.847. The molecule has 1 aromatic carbocycles. The van der Waals surface area contributed by atoms with Gasteiger partial charge in [-0.05, 0) is 43.0 Å². The lowest BCUT2D eigenvalue weighted by molar-refractivity contribution is -0.139. The van der Waals surface area contributed by atoms with Gasteiger partial charge in [0.05, 0.1) is 0 Å². The predicted molar refractivity (Wildman–Crippen MR) is 90.9 cm³/mol. The van der Waals surface area contributed by atoms with Crippen LogP contribution in [0.15, 0.2) is 48.8 Å². The first-order valence-electron chi connectivity index (χ1n) is 8.24. The van der Waals surface area contributed by atoms with E-state index in [-0.39, 0.29) is 6.61 Å². The fourth-order valence-electron chi connectivity index (χ4n) is 3.23. The summed E-state index contributed by atoms with van der Waals surface area (Å²) in [5, 5.41) is 8.78. The second-order valence-corrected chi connectivity index (χ2v) is 6.25. The van der Waals surface area contributed by atoms with Gasteiger partial charge in [-0.1, -0.05) is 24.3 Å². The minimum atomic E-state index is -0.956. The van der Waals surface area contributed by atoms with E-state index in [4.69, 9.17) is 9.84 Å². The number of para-hydroxylation sites is 1. The van der Waals surface area contributed by atoms with E-state index < -0.39 is 5.97 Å². The molecule has 3 rings (SSSR count). The molecule has 126 valence electrons. The van der Waals surface area contributed by atoms with Crippen molar-refractivity contribution >= 4 is 5.97 Å². The molecule has 0 spiro atoms. The highest BCUT2D eigenvalue weighted by molar-refractivity contribution is 5.68. The number of aliphatic carboxylic acids is 1. The number of hydrogen-bond donors (Lipinski definition) is 1. The van der Waals surface area contributed by atoms with Gasteiger partial charge in [0.2, 0.25) is 0 Å². The second-order valence-electron chi connectivity index (χ2n) is 6.25. The van der Waals surface area contributed by atoms with Gasteiger partial charge >= 0.3 is 5.97 Å². The van der Waals surface area contributed by atoms with E-state index in [0.717, 1.165) is 31.6 Å². The largest absolute Gasteiger partial charge is 0.482 e. The molecule has 1 aliphatic rings. The van der Waals surface area contributed by atoms with E-state index in [1.165, 1.54) is 12.0 Å². The molecule has 24 heavy (non-hydrogen) atoms. The Morgan fingerprint density at radius 1 is 1.29 bits per heavy atom. The number of pyridine rings is 1. The number of carboxylic acids is 1. The maximum Gasteiger partial charge on any atom is 0.341 e. The summed E-state index contributed by atoms with van der Waals surface area (Å²) in [5.41, 5.74) is 2.33. The first kappa shape index (κ1) is 16.5. The molecular weight excluding hydrogens is 304 g/mol. The number of hydrogen-bond acceptors (Lipinski definition) is 4. The molecule has 5 heteroatoms. The molecule has 0 saturated carbocycles. The van der Waals surface area contributed by atoms with Gasteiger partial charge in [-0.3, -0.25) is 9.88 Å². The zero-order chi connectivity index (χ0) is 16.8. The minimum absolute atomic E-state index is 0.305. The summed E-state index contributed by atoms with van der Waals surface area (Å²) in [5.74, 6) is 0.347. The Balaban J connectivity index is 1.56. The lowest BCUT2D eigenvalue weighted by atomic mass is 10.00. The van der Waals surface area contributed by atoms with Gasteiger partial charge in [-0.15, -0.1) is 0 Å². The Morgan fingerprint density at radius 2 is 2.17 bits per heavy atom. The van der Waals surface area contributed by atoms with Crippen molar-refractivity contribution in [3.63, 3.8) is 0 Å². The molecule has 1 fully saturated rings. The third-order valence-electron chi connectivity index (χ3n) is 4.33. The Morgan fingerprint density at radius 3 is 2.96 bits per heavy atom. The number of likely N-dealkylation sites (tertiary alicyclic amines) is 1. The Hall–Kier alpha value is -2.40. The zero-order valence-corrected chi connectivity index (χ0v) is 13.6. The van der Waals surface area contributed by atoms with Crippen molar-refractivity contribution in [1.82, 2.24) is 9.88 Å². The maximum atomic E-state index is 10.7. The molecule has 1 aliphatic heterocycles. The summed E-state index contributed by atoms with van der Waals surface area (Å²) in [7, 11) is 0. The third-order valence-corrected chi connectivity index (χ3v) is 4.33. The van der Waals surface area contributed by atoms with Crippen LogP contribution in [0.1, 0.15) is 17.5 Å². The van der Waals surface area contributed by atoms with Crippen LogP contribution in [0.3, 0.4) is 0 Å². The van der Waals surface area contributed by atoms with Crippen molar-refractivity contribution < 1.29 is 14.6 Å². The first-order valence-corrected chi connectivity index (χ1v) is 8.24. The van der Waals surface area contributed by atoms with Crippen LogP contribution in [0.5, 0.6) is 5.75 Å². The molecule has 1 N–H and O–H groups in total. The molecule has 1 saturated heterocycles. The fraction of sp³-hybridized carbons (Fsp3) is 0.368. The number of rotatable bonds is 7. The van der Waals surface area contributed by atoms with Gasteiger partial charge in [-0.2, -0.15) is 0 Å². The number of aromatic nitrogens is 1. The maximum absolute atomic E-state index is 10.7. The first-order chi connectivity index (χ1) is 11.7. The van der Waals surface area contributed by atoms with Crippen LogP contribution in [0.4, 0.5) is 0 Å². The van der Waals surface area contributed by atoms with Gasteiger partial charge in [0.15, 0.2) is 6.61 Å². The summed E-state index contributed by atoms with van der Waals surface area (Å²) in [4.78, 5) is 17.3. The third kappa shape index (κ3) is 4.55. The number of nitrogens with zero attached hydrogens (tertiary/aromatic N) is 2. The van der Waals surface area contributed by atoms with E-state index in [9.17, 15) is 4.79 Å². The van der Waals surface area contributed by atoms with E-state index in [0.29, 0.717) is 11.7 Å². The minimum Gasteiger partial charge on any atom is -0.482 e. The van der Waals surface area contributed by atoms with Crippen LogP contribution in [-0.2, 0) is 17.8 Å². The molecule has 1 unspecified atom stereocenters. The average molecular weight is 326 g/mol.